The minimum atomic E-state index is -4.41. The molecule has 1 aromatic heterocycles. The average molecular weight is 291 g/mol. The van der Waals surface area contributed by atoms with Crippen molar-refractivity contribution >= 4 is 11.6 Å². The number of alkyl halides is 4. The molecule has 0 bridgehead atoms. The molecule has 0 aliphatic heterocycles. The van der Waals surface area contributed by atoms with Crippen LogP contribution < -0.4 is 0 Å². The van der Waals surface area contributed by atoms with E-state index in [1.165, 1.54) is 10.7 Å². The van der Waals surface area contributed by atoms with Crippen LogP contribution in [-0.4, -0.2) is 20.2 Å². The molecule has 0 saturated heterocycles. The van der Waals surface area contributed by atoms with Crippen LogP contribution in [-0.2, 0) is 6.18 Å². The largest absolute Gasteiger partial charge is 0.416 e. The molecular weight excluding hydrogens is 281 g/mol. The van der Waals surface area contributed by atoms with Gasteiger partial charge < -0.3 is 0 Å². The molecule has 0 aliphatic rings. The van der Waals surface area contributed by atoms with Gasteiger partial charge in [0.25, 0.3) is 0 Å². The Morgan fingerprint density at radius 3 is 2.58 bits per heavy atom. The van der Waals surface area contributed by atoms with E-state index in [1.807, 2.05) is 0 Å². The van der Waals surface area contributed by atoms with Gasteiger partial charge >= 0.3 is 6.18 Å². The topological polar surface area (TPSA) is 43.6 Å². The van der Waals surface area contributed by atoms with Crippen molar-refractivity contribution in [2.24, 2.45) is 0 Å². The highest BCUT2D eigenvalue weighted by atomic mass is 35.5. The van der Waals surface area contributed by atoms with E-state index in [0.29, 0.717) is 11.4 Å². The number of tetrazole rings is 1. The van der Waals surface area contributed by atoms with Gasteiger partial charge in [0.2, 0.25) is 0 Å². The Morgan fingerprint density at radius 2 is 2.00 bits per heavy atom. The highest BCUT2D eigenvalue weighted by molar-refractivity contribution is 6.20. The van der Waals surface area contributed by atoms with E-state index in [4.69, 9.17) is 11.6 Å². The van der Waals surface area contributed by atoms with E-state index in [-0.39, 0.29) is 5.69 Å². The number of halogens is 4. The first-order chi connectivity index (χ1) is 8.80. The molecule has 4 nitrogen and oxygen atoms in total. The molecule has 0 aliphatic carbocycles. The minimum absolute atomic E-state index is 0.266. The van der Waals surface area contributed by atoms with Gasteiger partial charge in [0.15, 0.2) is 5.82 Å². The van der Waals surface area contributed by atoms with Crippen molar-refractivity contribution in [2.75, 3.05) is 0 Å². The maximum absolute atomic E-state index is 12.7. The Bertz CT molecular complexity index is 592. The lowest BCUT2D eigenvalue weighted by Gasteiger charge is -2.12. The van der Waals surface area contributed by atoms with E-state index < -0.39 is 17.1 Å². The molecule has 1 heterocycles. The summed E-state index contributed by atoms with van der Waals surface area (Å²) >= 11 is 5.90. The van der Waals surface area contributed by atoms with Crippen LogP contribution in [0.1, 0.15) is 29.3 Å². The van der Waals surface area contributed by atoms with Gasteiger partial charge in [-0.1, -0.05) is 6.07 Å². The fraction of sp³-hybridized carbons (Fsp3) is 0.364. The third kappa shape index (κ3) is 2.70. The van der Waals surface area contributed by atoms with Crippen LogP contribution >= 0.6 is 11.6 Å². The number of benzene rings is 1. The summed E-state index contributed by atoms with van der Waals surface area (Å²) in [4.78, 5) is 0. The lowest BCUT2D eigenvalue weighted by molar-refractivity contribution is -0.137. The highest BCUT2D eigenvalue weighted by Gasteiger charge is 2.31. The zero-order valence-electron chi connectivity index (χ0n) is 10.1. The summed E-state index contributed by atoms with van der Waals surface area (Å²) in [5.41, 5.74) is 0.137. The summed E-state index contributed by atoms with van der Waals surface area (Å²) in [6.07, 6.45) is -4.41. The minimum Gasteiger partial charge on any atom is -0.196 e. The molecule has 0 N–H and O–H groups in total. The number of aryl methyl sites for hydroxylation is 1. The molecule has 1 atom stereocenters. The number of nitrogens with zero attached hydrogens (tertiary/aromatic N) is 4. The van der Waals surface area contributed by atoms with Gasteiger partial charge in [-0.25, -0.2) is 0 Å². The van der Waals surface area contributed by atoms with Crippen molar-refractivity contribution in [1.82, 2.24) is 20.2 Å². The second kappa shape index (κ2) is 4.80. The van der Waals surface area contributed by atoms with Crippen LogP contribution in [0.4, 0.5) is 13.2 Å². The molecule has 0 spiro atoms. The predicted octanol–water partition coefficient (Wildman–Crippen LogP) is 3.29. The van der Waals surface area contributed by atoms with Gasteiger partial charge in [0.1, 0.15) is 0 Å². The van der Waals surface area contributed by atoms with Crippen LogP contribution in [0.15, 0.2) is 18.2 Å². The Morgan fingerprint density at radius 1 is 1.32 bits per heavy atom. The quantitative estimate of drug-likeness (QED) is 0.797. The van der Waals surface area contributed by atoms with E-state index in [2.05, 4.69) is 15.5 Å². The zero-order valence-corrected chi connectivity index (χ0v) is 10.9. The van der Waals surface area contributed by atoms with Crippen molar-refractivity contribution < 1.29 is 13.2 Å². The fourth-order valence-corrected chi connectivity index (χ4v) is 1.76. The standard InChI is InChI=1S/C11H10ClF3N4/c1-6-3-4-8(11(13,14)15)5-9(6)19-10(7(2)12)16-17-18-19/h3-5,7H,1-2H3. The SMILES string of the molecule is Cc1ccc(C(F)(F)F)cc1-n1nnnc1C(C)Cl. The van der Waals surface area contributed by atoms with Gasteiger partial charge in [-0.3, -0.25) is 0 Å². The summed E-state index contributed by atoms with van der Waals surface area (Å²) in [5.74, 6) is 0.295. The van der Waals surface area contributed by atoms with Gasteiger partial charge in [0, 0.05) is 0 Å². The van der Waals surface area contributed by atoms with Gasteiger partial charge in [-0.2, -0.15) is 17.9 Å². The first-order valence-corrected chi connectivity index (χ1v) is 5.85. The van der Waals surface area contributed by atoms with Crippen LogP contribution in [0.25, 0.3) is 5.69 Å². The van der Waals surface area contributed by atoms with Crippen LogP contribution in [0.3, 0.4) is 0 Å². The lowest BCUT2D eigenvalue weighted by atomic mass is 10.1. The van der Waals surface area contributed by atoms with Crippen LogP contribution in [0.5, 0.6) is 0 Å². The first kappa shape index (κ1) is 13.8. The second-order valence-corrected chi connectivity index (χ2v) is 4.72. The van der Waals surface area contributed by atoms with Gasteiger partial charge in [-0.15, -0.1) is 16.7 Å². The third-order valence-electron chi connectivity index (χ3n) is 2.61. The molecule has 2 rings (SSSR count). The molecule has 1 aromatic carbocycles. The van der Waals surface area contributed by atoms with E-state index >= 15 is 0 Å². The van der Waals surface area contributed by atoms with Crippen molar-refractivity contribution in [3.8, 4) is 5.69 Å². The average Bonchev–Trinajstić information content (AvgIpc) is 2.76. The molecule has 102 valence electrons. The molecule has 0 fully saturated rings. The van der Waals surface area contributed by atoms with E-state index in [1.54, 1.807) is 13.8 Å². The summed E-state index contributed by atoms with van der Waals surface area (Å²) in [7, 11) is 0. The maximum atomic E-state index is 12.7. The molecule has 8 heteroatoms. The molecule has 0 amide bonds. The smallest absolute Gasteiger partial charge is 0.196 e. The molecule has 0 saturated carbocycles. The van der Waals surface area contributed by atoms with Gasteiger partial charge in [-0.05, 0) is 42.0 Å². The second-order valence-electron chi connectivity index (χ2n) is 4.06. The van der Waals surface area contributed by atoms with E-state index in [9.17, 15) is 13.2 Å². The summed E-state index contributed by atoms with van der Waals surface area (Å²) in [5, 5.41) is 10.3. The summed E-state index contributed by atoms with van der Waals surface area (Å²) in [6, 6.07) is 3.41. The predicted molar refractivity (Wildman–Crippen MR) is 63.2 cm³/mol. The van der Waals surface area contributed by atoms with Crippen molar-refractivity contribution in [3.63, 3.8) is 0 Å². The Labute approximate surface area is 112 Å². The van der Waals surface area contributed by atoms with Crippen LogP contribution in [0, 0.1) is 6.92 Å². The van der Waals surface area contributed by atoms with Gasteiger partial charge in [0.05, 0.1) is 16.6 Å². The number of hydrogen-bond donors (Lipinski definition) is 0. The van der Waals surface area contributed by atoms with Crippen molar-refractivity contribution in [3.05, 3.63) is 35.2 Å². The molecule has 2 aromatic rings. The highest BCUT2D eigenvalue weighted by Crippen LogP contribution is 2.32. The molecule has 0 radical (unpaired) electrons. The normalized spacial score (nSPS) is 13.6. The Balaban J connectivity index is 2.58. The monoisotopic (exact) mass is 290 g/mol. The van der Waals surface area contributed by atoms with Crippen LogP contribution in [0.2, 0.25) is 0 Å². The molecule has 19 heavy (non-hydrogen) atoms. The number of rotatable bonds is 2. The van der Waals surface area contributed by atoms with Crippen molar-refractivity contribution in [2.45, 2.75) is 25.4 Å². The third-order valence-corrected chi connectivity index (χ3v) is 2.81. The Kier molecular flexibility index (Phi) is 3.49. The number of aromatic nitrogens is 4. The first-order valence-electron chi connectivity index (χ1n) is 5.41. The maximum Gasteiger partial charge on any atom is 0.416 e. The zero-order chi connectivity index (χ0) is 14.2. The Hall–Kier alpha value is -1.63. The van der Waals surface area contributed by atoms with Crippen molar-refractivity contribution in [1.29, 1.82) is 0 Å². The number of hydrogen-bond acceptors (Lipinski definition) is 3. The summed E-state index contributed by atoms with van der Waals surface area (Å²) in [6.45, 7) is 3.33. The molecular formula is C11H10ClF3N4. The fourth-order valence-electron chi connectivity index (χ4n) is 1.63. The summed E-state index contributed by atoms with van der Waals surface area (Å²) < 4.78 is 39.4. The molecule has 1 unspecified atom stereocenters. The van der Waals surface area contributed by atoms with E-state index in [0.717, 1.165) is 12.1 Å². The lowest BCUT2D eigenvalue weighted by Crippen LogP contribution is -2.10.